The van der Waals surface area contributed by atoms with Crippen LogP contribution in [0.1, 0.15) is 63.1 Å². The molecular formula is C16H23N3O2. The number of hydrogen-bond acceptors (Lipinski definition) is 4. The van der Waals surface area contributed by atoms with Gasteiger partial charge in [0.2, 0.25) is 5.91 Å². The number of likely N-dealkylation sites (tertiary alicyclic amines) is 1. The average Bonchev–Trinajstić information content (AvgIpc) is 2.98. The van der Waals surface area contributed by atoms with Crippen LogP contribution in [0.4, 0.5) is 0 Å². The zero-order chi connectivity index (χ0) is 14.7. The molecule has 1 atom stereocenters. The lowest BCUT2D eigenvalue weighted by atomic mass is 9.82. The van der Waals surface area contributed by atoms with Gasteiger partial charge in [-0.25, -0.2) is 9.97 Å². The molecule has 2 fully saturated rings. The maximum atomic E-state index is 12.6. The summed E-state index contributed by atoms with van der Waals surface area (Å²) >= 11 is 0. The van der Waals surface area contributed by atoms with Crippen LogP contribution in [0.5, 0.6) is 0 Å². The van der Waals surface area contributed by atoms with Crippen molar-refractivity contribution in [2.24, 2.45) is 0 Å². The van der Waals surface area contributed by atoms with Crippen LogP contribution in [-0.2, 0) is 4.79 Å². The highest BCUT2D eigenvalue weighted by molar-refractivity contribution is 5.78. The van der Waals surface area contributed by atoms with Crippen LogP contribution in [-0.4, -0.2) is 38.0 Å². The summed E-state index contributed by atoms with van der Waals surface area (Å²) in [5, 5.41) is 10.6. The van der Waals surface area contributed by atoms with Gasteiger partial charge in [0.25, 0.3) is 0 Å². The fourth-order valence-corrected chi connectivity index (χ4v) is 3.64. The summed E-state index contributed by atoms with van der Waals surface area (Å²) in [5.41, 5.74) is 0.125. The summed E-state index contributed by atoms with van der Waals surface area (Å²) in [7, 11) is 0. The minimum atomic E-state index is -0.784. The third-order valence-corrected chi connectivity index (χ3v) is 4.78. The Bertz CT molecular complexity index is 486. The van der Waals surface area contributed by atoms with E-state index in [-0.39, 0.29) is 18.4 Å². The Hall–Kier alpha value is -1.49. The highest BCUT2D eigenvalue weighted by Gasteiger charge is 2.37. The largest absolute Gasteiger partial charge is 0.389 e. The number of rotatable bonds is 3. The molecule has 1 N–H and O–H groups in total. The number of carbonyl (C=O) groups excluding carboxylic acids is 1. The number of nitrogens with zero attached hydrogens (tertiary/aromatic N) is 3. The van der Waals surface area contributed by atoms with E-state index in [1.807, 2.05) is 11.0 Å². The van der Waals surface area contributed by atoms with E-state index in [0.717, 1.165) is 50.8 Å². The summed E-state index contributed by atoms with van der Waals surface area (Å²) in [6, 6.07) is 1.93. The van der Waals surface area contributed by atoms with Crippen LogP contribution < -0.4 is 0 Å². The van der Waals surface area contributed by atoms with Crippen molar-refractivity contribution in [3.63, 3.8) is 0 Å². The van der Waals surface area contributed by atoms with Crippen molar-refractivity contribution in [3.8, 4) is 0 Å². The van der Waals surface area contributed by atoms with Crippen molar-refractivity contribution in [1.82, 2.24) is 14.9 Å². The van der Waals surface area contributed by atoms with Gasteiger partial charge in [-0.15, -0.1) is 0 Å². The number of aliphatic hydroxyl groups is 1. The van der Waals surface area contributed by atoms with Crippen LogP contribution in [0.25, 0.3) is 0 Å². The minimum Gasteiger partial charge on any atom is -0.389 e. The molecule has 5 heteroatoms. The van der Waals surface area contributed by atoms with Gasteiger partial charge in [-0.2, -0.15) is 0 Å². The molecular weight excluding hydrogens is 266 g/mol. The molecule has 2 heterocycles. The third kappa shape index (κ3) is 3.23. The quantitative estimate of drug-likeness (QED) is 0.926. The van der Waals surface area contributed by atoms with E-state index in [9.17, 15) is 9.90 Å². The summed E-state index contributed by atoms with van der Waals surface area (Å²) < 4.78 is 0. The first-order chi connectivity index (χ1) is 10.2. The lowest BCUT2D eigenvalue weighted by Gasteiger charge is -2.34. The maximum Gasteiger partial charge on any atom is 0.226 e. The molecule has 5 nitrogen and oxygen atoms in total. The standard InChI is InChI=1S/C16H23N3O2/c20-15(11-16(21)7-2-1-3-8-16)19-10-4-5-14(19)13-6-9-17-12-18-13/h6,9,12,14,21H,1-5,7-8,10-11H2/t14-/m1/s1. The van der Waals surface area contributed by atoms with Crippen LogP contribution in [0, 0.1) is 0 Å². The smallest absolute Gasteiger partial charge is 0.226 e. The van der Waals surface area contributed by atoms with Gasteiger partial charge >= 0.3 is 0 Å². The van der Waals surface area contributed by atoms with E-state index < -0.39 is 5.60 Å². The Labute approximate surface area is 125 Å². The van der Waals surface area contributed by atoms with E-state index in [1.54, 1.807) is 6.20 Å². The molecule has 0 aromatic carbocycles. The van der Waals surface area contributed by atoms with Crippen molar-refractivity contribution in [2.45, 2.75) is 63.0 Å². The van der Waals surface area contributed by atoms with Gasteiger partial charge in [-0.1, -0.05) is 19.3 Å². The topological polar surface area (TPSA) is 66.3 Å². The fraction of sp³-hybridized carbons (Fsp3) is 0.688. The molecule has 0 radical (unpaired) electrons. The van der Waals surface area contributed by atoms with E-state index in [1.165, 1.54) is 12.7 Å². The van der Waals surface area contributed by atoms with E-state index in [0.29, 0.717) is 0 Å². The molecule has 1 aromatic heterocycles. The van der Waals surface area contributed by atoms with Crippen LogP contribution in [0.2, 0.25) is 0 Å². The molecule has 1 aromatic rings. The lowest BCUT2D eigenvalue weighted by Crippen LogP contribution is -2.40. The van der Waals surface area contributed by atoms with Gasteiger partial charge in [-0.3, -0.25) is 4.79 Å². The normalized spacial score (nSPS) is 25.0. The molecule has 114 valence electrons. The van der Waals surface area contributed by atoms with Gasteiger partial charge in [0.1, 0.15) is 6.33 Å². The number of aromatic nitrogens is 2. The van der Waals surface area contributed by atoms with Gasteiger partial charge in [-0.05, 0) is 31.7 Å². The van der Waals surface area contributed by atoms with Crippen LogP contribution >= 0.6 is 0 Å². The zero-order valence-corrected chi connectivity index (χ0v) is 12.4. The van der Waals surface area contributed by atoms with Gasteiger partial charge in [0.05, 0.1) is 23.8 Å². The Morgan fingerprint density at radius 1 is 1.33 bits per heavy atom. The first kappa shape index (κ1) is 14.4. The summed E-state index contributed by atoms with van der Waals surface area (Å²) in [5.74, 6) is 0.0699. The SMILES string of the molecule is O=C(CC1(O)CCCCC1)N1CCC[C@@H]1c1ccncn1. The first-order valence-electron chi connectivity index (χ1n) is 7.96. The monoisotopic (exact) mass is 289 g/mol. The van der Waals surface area contributed by atoms with Crippen molar-refractivity contribution in [1.29, 1.82) is 0 Å². The van der Waals surface area contributed by atoms with Crippen molar-refractivity contribution < 1.29 is 9.90 Å². The molecule has 21 heavy (non-hydrogen) atoms. The molecule has 1 aliphatic heterocycles. The van der Waals surface area contributed by atoms with Crippen LogP contribution in [0.15, 0.2) is 18.6 Å². The van der Waals surface area contributed by atoms with Gasteiger partial charge in [0.15, 0.2) is 0 Å². The van der Waals surface area contributed by atoms with Crippen molar-refractivity contribution in [3.05, 3.63) is 24.3 Å². The Balaban J connectivity index is 1.68. The second kappa shape index (κ2) is 6.10. The molecule has 1 amide bonds. The fourth-order valence-electron chi connectivity index (χ4n) is 3.64. The molecule has 1 aliphatic carbocycles. The molecule has 0 bridgehead atoms. The predicted molar refractivity (Wildman–Crippen MR) is 78.4 cm³/mol. The minimum absolute atomic E-state index is 0.0488. The van der Waals surface area contributed by atoms with E-state index >= 15 is 0 Å². The maximum absolute atomic E-state index is 12.6. The number of hydrogen-bond donors (Lipinski definition) is 1. The highest BCUT2D eigenvalue weighted by Crippen LogP contribution is 2.35. The van der Waals surface area contributed by atoms with E-state index in [4.69, 9.17) is 0 Å². The molecule has 0 unspecified atom stereocenters. The van der Waals surface area contributed by atoms with Crippen molar-refractivity contribution in [2.75, 3.05) is 6.54 Å². The van der Waals surface area contributed by atoms with Gasteiger partial charge in [0, 0.05) is 12.7 Å². The Morgan fingerprint density at radius 3 is 2.86 bits per heavy atom. The Morgan fingerprint density at radius 2 is 2.14 bits per heavy atom. The molecule has 0 spiro atoms. The predicted octanol–water partition coefficient (Wildman–Crippen LogP) is 2.23. The molecule has 2 aliphatic rings. The molecule has 1 saturated carbocycles. The summed E-state index contributed by atoms with van der Waals surface area (Å²) in [6.45, 7) is 0.767. The van der Waals surface area contributed by atoms with E-state index in [2.05, 4.69) is 9.97 Å². The third-order valence-electron chi connectivity index (χ3n) is 4.78. The second-order valence-corrected chi connectivity index (χ2v) is 6.34. The average molecular weight is 289 g/mol. The zero-order valence-electron chi connectivity index (χ0n) is 12.4. The second-order valence-electron chi connectivity index (χ2n) is 6.34. The summed E-state index contributed by atoms with van der Waals surface area (Å²) in [4.78, 5) is 22.7. The first-order valence-corrected chi connectivity index (χ1v) is 7.96. The number of amides is 1. The Kier molecular flexibility index (Phi) is 4.19. The summed E-state index contributed by atoms with van der Waals surface area (Å²) in [6.07, 6.45) is 10.2. The molecule has 3 rings (SSSR count). The van der Waals surface area contributed by atoms with Crippen LogP contribution in [0.3, 0.4) is 0 Å². The van der Waals surface area contributed by atoms with Gasteiger partial charge < -0.3 is 10.0 Å². The molecule has 1 saturated heterocycles. The number of carbonyl (C=O) groups is 1. The lowest BCUT2D eigenvalue weighted by molar-refractivity contribution is -0.138. The highest BCUT2D eigenvalue weighted by atomic mass is 16.3. The van der Waals surface area contributed by atoms with Crippen molar-refractivity contribution >= 4 is 5.91 Å².